The molecule has 0 aliphatic heterocycles. The maximum Gasteiger partial charge on any atom is 0.319 e. The first-order valence-electron chi connectivity index (χ1n) is 5.89. The molecule has 4 nitrogen and oxygen atoms in total. The second kappa shape index (κ2) is 5.49. The van der Waals surface area contributed by atoms with Crippen LogP contribution in [0.3, 0.4) is 0 Å². The maximum atomic E-state index is 9.75. The molecule has 0 aliphatic rings. The van der Waals surface area contributed by atoms with Crippen molar-refractivity contribution in [3.05, 3.63) is 47.2 Å². The number of aromatic hydroxyl groups is 1. The normalized spacial score (nSPS) is 10.3. The van der Waals surface area contributed by atoms with Gasteiger partial charge in [0.1, 0.15) is 0 Å². The predicted octanol–water partition coefficient (Wildman–Crippen LogP) is 2.34. The zero-order valence-electron chi connectivity index (χ0n) is 10.6. The molecule has 94 valence electrons. The summed E-state index contributed by atoms with van der Waals surface area (Å²) in [5, 5.41) is 9.75. The van der Waals surface area contributed by atoms with Crippen molar-refractivity contribution in [2.24, 2.45) is 0 Å². The minimum Gasteiger partial charge on any atom is -0.493 e. The Balaban J connectivity index is 2.17. The van der Waals surface area contributed by atoms with E-state index < -0.39 is 0 Å². The van der Waals surface area contributed by atoms with Crippen molar-refractivity contribution in [1.82, 2.24) is 9.97 Å². The standard InChI is InChI=1S/C14H16N2O2/c1-3-10-4-6-11(7-5-10)8-12-9-15-14(18-2)16-13(12)17/h4-7,9H,3,8H2,1-2H3,(H,15,16,17). The van der Waals surface area contributed by atoms with Gasteiger partial charge in [-0.1, -0.05) is 31.2 Å². The van der Waals surface area contributed by atoms with Crippen LogP contribution in [0.5, 0.6) is 11.9 Å². The number of hydrogen-bond donors (Lipinski definition) is 1. The first-order valence-corrected chi connectivity index (χ1v) is 5.89. The molecule has 1 heterocycles. The lowest BCUT2D eigenvalue weighted by atomic mass is 10.0. The third kappa shape index (κ3) is 2.77. The molecule has 0 saturated heterocycles. The molecule has 18 heavy (non-hydrogen) atoms. The lowest BCUT2D eigenvalue weighted by molar-refractivity contribution is 0.361. The zero-order chi connectivity index (χ0) is 13.0. The Bertz CT molecular complexity index is 524. The van der Waals surface area contributed by atoms with E-state index in [1.165, 1.54) is 12.7 Å². The van der Waals surface area contributed by atoms with Crippen molar-refractivity contribution in [3.63, 3.8) is 0 Å². The largest absolute Gasteiger partial charge is 0.493 e. The molecule has 0 radical (unpaired) electrons. The van der Waals surface area contributed by atoms with Crippen LogP contribution in [0, 0.1) is 0 Å². The molecule has 0 saturated carbocycles. The molecule has 4 heteroatoms. The van der Waals surface area contributed by atoms with E-state index in [9.17, 15) is 5.11 Å². The average molecular weight is 244 g/mol. The Labute approximate surface area is 106 Å². The van der Waals surface area contributed by atoms with Crippen LogP contribution >= 0.6 is 0 Å². The second-order valence-electron chi connectivity index (χ2n) is 4.05. The molecule has 1 N–H and O–H groups in total. The van der Waals surface area contributed by atoms with E-state index in [1.807, 2.05) is 0 Å². The number of hydrogen-bond acceptors (Lipinski definition) is 4. The van der Waals surface area contributed by atoms with Gasteiger partial charge in [0, 0.05) is 18.2 Å². The van der Waals surface area contributed by atoms with Crippen LogP contribution in [0.4, 0.5) is 0 Å². The van der Waals surface area contributed by atoms with E-state index in [2.05, 4.69) is 41.2 Å². The molecular formula is C14H16N2O2. The summed E-state index contributed by atoms with van der Waals surface area (Å²) in [6.07, 6.45) is 3.23. The van der Waals surface area contributed by atoms with Gasteiger partial charge in [0.2, 0.25) is 5.88 Å². The van der Waals surface area contributed by atoms with E-state index in [1.54, 1.807) is 6.20 Å². The van der Waals surface area contributed by atoms with Crippen molar-refractivity contribution in [3.8, 4) is 11.9 Å². The second-order valence-corrected chi connectivity index (χ2v) is 4.05. The summed E-state index contributed by atoms with van der Waals surface area (Å²) >= 11 is 0. The van der Waals surface area contributed by atoms with Crippen molar-refractivity contribution in [1.29, 1.82) is 0 Å². The SMILES string of the molecule is CCc1ccc(Cc2cnc(OC)nc2O)cc1. The summed E-state index contributed by atoms with van der Waals surface area (Å²) in [7, 11) is 1.47. The van der Waals surface area contributed by atoms with Gasteiger partial charge in [-0.3, -0.25) is 0 Å². The molecule has 1 aromatic heterocycles. The number of benzene rings is 1. The Hall–Kier alpha value is -2.10. The first-order chi connectivity index (χ1) is 8.72. The predicted molar refractivity (Wildman–Crippen MR) is 68.9 cm³/mol. The van der Waals surface area contributed by atoms with E-state index >= 15 is 0 Å². The van der Waals surface area contributed by atoms with Gasteiger partial charge >= 0.3 is 6.01 Å². The van der Waals surface area contributed by atoms with Crippen LogP contribution in [0.25, 0.3) is 0 Å². The highest BCUT2D eigenvalue weighted by Gasteiger charge is 2.07. The lowest BCUT2D eigenvalue weighted by Crippen LogP contribution is -1.96. The van der Waals surface area contributed by atoms with Gasteiger partial charge in [-0.15, -0.1) is 0 Å². The van der Waals surface area contributed by atoms with Crippen LogP contribution in [0.1, 0.15) is 23.6 Å². The highest BCUT2D eigenvalue weighted by atomic mass is 16.5. The smallest absolute Gasteiger partial charge is 0.319 e. The van der Waals surface area contributed by atoms with E-state index in [-0.39, 0.29) is 11.9 Å². The van der Waals surface area contributed by atoms with Crippen molar-refractivity contribution >= 4 is 0 Å². The number of rotatable bonds is 4. The maximum absolute atomic E-state index is 9.75. The Morgan fingerprint density at radius 3 is 2.39 bits per heavy atom. The third-order valence-electron chi connectivity index (χ3n) is 2.83. The van der Waals surface area contributed by atoms with E-state index in [0.717, 1.165) is 12.0 Å². The van der Waals surface area contributed by atoms with Gasteiger partial charge in [0.15, 0.2) is 0 Å². The van der Waals surface area contributed by atoms with Gasteiger partial charge in [-0.05, 0) is 17.5 Å². The minimum absolute atomic E-state index is 0.0265. The fraction of sp³-hybridized carbons (Fsp3) is 0.286. The summed E-state index contributed by atoms with van der Waals surface area (Å²) in [6, 6.07) is 8.48. The summed E-state index contributed by atoms with van der Waals surface area (Å²) < 4.78 is 4.85. The zero-order valence-corrected chi connectivity index (χ0v) is 10.6. The van der Waals surface area contributed by atoms with Crippen molar-refractivity contribution in [2.75, 3.05) is 7.11 Å². The Morgan fingerprint density at radius 1 is 1.17 bits per heavy atom. The lowest BCUT2D eigenvalue weighted by Gasteiger charge is -2.05. The Morgan fingerprint density at radius 2 is 1.83 bits per heavy atom. The molecular weight excluding hydrogens is 228 g/mol. The first kappa shape index (κ1) is 12.4. The van der Waals surface area contributed by atoms with Crippen LogP contribution in [0.15, 0.2) is 30.5 Å². The van der Waals surface area contributed by atoms with Gasteiger partial charge < -0.3 is 9.84 Å². The molecule has 0 amide bonds. The Kier molecular flexibility index (Phi) is 3.77. The van der Waals surface area contributed by atoms with Gasteiger partial charge in [0.05, 0.1) is 7.11 Å². The quantitative estimate of drug-likeness (QED) is 0.897. The number of nitrogens with zero attached hydrogens (tertiary/aromatic N) is 2. The third-order valence-corrected chi connectivity index (χ3v) is 2.83. The van der Waals surface area contributed by atoms with E-state index in [4.69, 9.17) is 4.74 Å². The van der Waals surface area contributed by atoms with Gasteiger partial charge in [0.25, 0.3) is 0 Å². The molecule has 1 aromatic carbocycles. The minimum atomic E-state index is -0.0265. The summed E-state index contributed by atoms with van der Waals surface area (Å²) in [4.78, 5) is 7.84. The highest BCUT2D eigenvalue weighted by molar-refractivity contribution is 5.32. The molecule has 0 bridgehead atoms. The molecule has 0 atom stereocenters. The topological polar surface area (TPSA) is 55.2 Å². The highest BCUT2D eigenvalue weighted by Crippen LogP contribution is 2.19. The van der Waals surface area contributed by atoms with Gasteiger partial charge in [-0.25, -0.2) is 4.98 Å². The van der Waals surface area contributed by atoms with Crippen LogP contribution in [0.2, 0.25) is 0 Å². The molecule has 0 fully saturated rings. The summed E-state index contributed by atoms with van der Waals surface area (Å²) in [5.74, 6) is -0.0265. The van der Waals surface area contributed by atoms with Crippen molar-refractivity contribution in [2.45, 2.75) is 19.8 Å². The average Bonchev–Trinajstić information content (AvgIpc) is 2.42. The molecule has 2 rings (SSSR count). The number of methoxy groups -OCH3 is 1. The van der Waals surface area contributed by atoms with Crippen LogP contribution < -0.4 is 4.74 Å². The summed E-state index contributed by atoms with van der Waals surface area (Å²) in [5.41, 5.74) is 3.12. The molecule has 0 aliphatic carbocycles. The monoisotopic (exact) mass is 244 g/mol. The van der Waals surface area contributed by atoms with Gasteiger partial charge in [-0.2, -0.15) is 4.98 Å². The van der Waals surface area contributed by atoms with Crippen molar-refractivity contribution < 1.29 is 9.84 Å². The number of aromatic nitrogens is 2. The molecule has 0 unspecified atom stereocenters. The number of aryl methyl sites for hydroxylation is 1. The van der Waals surface area contributed by atoms with E-state index in [0.29, 0.717) is 12.0 Å². The fourth-order valence-electron chi connectivity index (χ4n) is 1.72. The van der Waals surface area contributed by atoms with Crippen LogP contribution in [-0.4, -0.2) is 22.2 Å². The molecule has 2 aromatic rings. The fourth-order valence-corrected chi connectivity index (χ4v) is 1.72. The van der Waals surface area contributed by atoms with Crippen LogP contribution in [-0.2, 0) is 12.8 Å². The summed E-state index contributed by atoms with van der Waals surface area (Å²) in [6.45, 7) is 2.12. The molecule has 0 spiro atoms. The number of ether oxygens (including phenoxy) is 1.